The summed E-state index contributed by atoms with van der Waals surface area (Å²) in [6.45, 7) is -0.0932. The molecule has 0 saturated heterocycles. The van der Waals surface area contributed by atoms with Crippen LogP contribution in [0, 0.1) is 0 Å². The van der Waals surface area contributed by atoms with E-state index in [1.165, 1.54) is 18.9 Å². The molecule has 5 heteroatoms. The van der Waals surface area contributed by atoms with Crippen LogP contribution in [0.2, 0.25) is 5.02 Å². The minimum absolute atomic E-state index is 0.0932. The number of benzene rings is 1. The predicted octanol–water partition coefficient (Wildman–Crippen LogP) is 2.10. The smallest absolute Gasteiger partial charge is 0.315 e. The zero-order valence-electron chi connectivity index (χ0n) is 8.20. The summed E-state index contributed by atoms with van der Waals surface area (Å²) in [6, 6.07) is 5.25. The van der Waals surface area contributed by atoms with E-state index >= 15 is 0 Å². The third-order valence-electron chi connectivity index (χ3n) is 1.78. The summed E-state index contributed by atoms with van der Waals surface area (Å²) in [7, 11) is 1.34. The molecule has 0 aliphatic rings. The molecule has 0 amide bonds. The maximum atomic E-state index is 10.9. The number of thioether (sulfide) groups is 1. The molecular formula is C10H11ClO3S. The molecule has 1 rings (SSSR count). The predicted molar refractivity (Wildman–Crippen MR) is 60.1 cm³/mol. The maximum absolute atomic E-state index is 10.9. The molecule has 15 heavy (non-hydrogen) atoms. The van der Waals surface area contributed by atoms with Crippen LogP contribution in [0.25, 0.3) is 0 Å². The zero-order valence-corrected chi connectivity index (χ0v) is 9.77. The number of esters is 1. The van der Waals surface area contributed by atoms with Crippen LogP contribution in [0.1, 0.15) is 5.56 Å². The standard InChI is InChI=1S/C10H11ClO3S/c1-14-9(13)6-15-10-7(5-12)3-2-4-8(10)11/h2-4,12H,5-6H2,1H3. The molecule has 1 N–H and O–H groups in total. The Morgan fingerprint density at radius 2 is 2.33 bits per heavy atom. The van der Waals surface area contributed by atoms with Crippen molar-refractivity contribution in [1.29, 1.82) is 0 Å². The van der Waals surface area contributed by atoms with Gasteiger partial charge in [0.1, 0.15) is 0 Å². The van der Waals surface area contributed by atoms with Crippen molar-refractivity contribution in [2.75, 3.05) is 12.9 Å². The fourth-order valence-corrected chi connectivity index (χ4v) is 2.29. The second-order valence-electron chi connectivity index (χ2n) is 2.75. The van der Waals surface area contributed by atoms with Crippen molar-refractivity contribution in [2.24, 2.45) is 0 Å². The highest BCUT2D eigenvalue weighted by Crippen LogP contribution is 2.30. The second-order valence-corrected chi connectivity index (χ2v) is 4.14. The first-order valence-electron chi connectivity index (χ1n) is 4.27. The molecule has 0 unspecified atom stereocenters. The van der Waals surface area contributed by atoms with Gasteiger partial charge in [0.2, 0.25) is 0 Å². The topological polar surface area (TPSA) is 46.5 Å². The summed E-state index contributed by atoms with van der Waals surface area (Å²) in [5.41, 5.74) is 0.719. The van der Waals surface area contributed by atoms with Crippen molar-refractivity contribution in [1.82, 2.24) is 0 Å². The molecule has 0 atom stereocenters. The summed E-state index contributed by atoms with van der Waals surface area (Å²) < 4.78 is 4.52. The first-order chi connectivity index (χ1) is 7.19. The number of methoxy groups -OCH3 is 1. The highest BCUT2D eigenvalue weighted by atomic mass is 35.5. The van der Waals surface area contributed by atoms with Gasteiger partial charge in [0, 0.05) is 4.90 Å². The Balaban J connectivity index is 2.78. The van der Waals surface area contributed by atoms with Crippen LogP contribution in [0.3, 0.4) is 0 Å². The molecule has 0 aromatic heterocycles. The van der Waals surface area contributed by atoms with Gasteiger partial charge in [0.25, 0.3) is 0 Å². The molecule has 1 aromatic carbocycles. The van der Waals surface area contributed by atoms with Crippen LogP contribution in [0.4, 0.5) is 0 Å². The maximum Gasteiger partial charge on any atom is 0.315 e. The molecule has 0 radical (unpaired) electrons. The van der Waals surface area contributed by atoms with Gasteiger partial charge in [0.15, 0.2) is 0 Å². The highest BCUT2D eigenvalue weighted by Gasteiger charge is 2.09. The Kier molecular flexibility index (Phi) is 4.94. The molecule has 0 saturated carbocycles. The average Bonchev–Trinajstić information content (AvgIpc) is 2.26. The van der Waals surface area contributed by atoms with E-state index in [2.05, 4.69) is 4.74 Å². The first-order valence-corrected chi connectivity index (χ1v) is 5.63. The van der Waals surface area contributed by atoms with E-state index in [4.69, 9.17) is 16.7 Å². The van der Waals surface area contributed by atoms with Crippen molar-refractivity contribution >= 4 is 29.3 Å². The largest absolute Gasteiger partial charge is 0.468 e. The van der Waals surface area contributed by atoms with Gasteiger partial charge in [-0.2, -0.15) is 0 Å². The monoisotopic (exact) mass is 246 g/mol. The molecular weight excluding hydrogens is 236 g/mol. The minimum Gasteiger partial charge on any atom is -0.468 e. The van der Waals surface area contributed by atoms with E-state index in [0.717, 1.165) is 10.5 Å². The molecule has 0 spiro atoms. The summed E-state index contributed by atoms with van der Waals surface area (Å²) in [5, 5.41) is 9.61. The van der Waals surface area contributed by atoms with Crippen LogP contribution in [-0.4, -0.2) is 23.9 Å². The number of rotatable bonds is 4. The summed E-state index contributed by atoms with van der Waals surface area (Å²) in [6.07, 6.45) is 0. The molecule has 0 bridgehead atoms. The number of carbonyl (C=O) groups is 1. The zero-order chi connectivity index (χ0) is 11.3. The normalized spacial score (nSPS) is 10.1. The van der Waals surface area contributed by atoms with Gasteiger partial charge in [-0.3, -0.25) is 4.79 Å². The number of carbonyl (C=O) groups excluding carboxylic acids is 1. The van der Waals surface area contributed by atoms with E-state index in [1.54, 1.807) is 18.2 Å². The van der Waals surface area contributed by atoms with Crippen molar-refractivity contribution in [3.63, 3.8) is 0 Å². The number of aliphatic hydroxyl groups is 1. The van der Waals surface area contributed by atoms with E-state index in [0.29, 0.717) is 5.02 Å². The lowest BCUT2D eigenvalue weighted by atomic mass is 10.2. The highest BCUT2D eigenvalue weighted by molar-refractivity contribution is 8.00. The number of aliphatic hydroxyl groups excluding tert-OH is 1. The van der Waals surface area contributed by atoms with Crippen molar-refractivity contribution in [3.05, 3.63) is 28.8 Å². The lowest BCUT2D eigenvalue weighted by molar-refractivity contribution is -0.137. The Bertz CT molecular complexity index is 355. The molecule has 82 valence electrons. The SMILES string of the molecule is COC(=O)CSc1c(Cl)cccc1CO. The summed E-state index contributed by atoms with van der Waals surface area (Å²) >= 11 is 7.22. The van der Waals surface area contributed by atoms with Crippen LogP contribution in [-0.2, 0) is 16.1 Å². The van der Waals surface area contributed by atoms with Crippen LogP contribution >= 0.6 is 23.4 Å². The Morgan fingerprint density at radius 3 is 2.93 bits per heavy atom. The van der Waals surface area contributed by atoms with Gasteiger partial charge in [-0.1, -0.05) is 23.7 Å². The van der Waals surface area contributed by atoms with Gasteiger partial charge in [-0.25, -0.2) is 0 Å². The number of ether oxygens (including phenoxy) is 1. The van der Waals surface area contributed by atoms with E-state index in [1.807, 2.05) is 0 Å². The number of hydrogen-bond donors (Lipinski definition) is 1. The van der Waals surface area contributed by atoms with E-state index in [9.17, 15) is 4.79 Å². The summed E-state index contributed by atoms with van der Waals surface area (Å²) in [4.78, 5) is 11.7. The van der Waals surface area contributed by atoms with Crippen LogP contribution < -0.4 is 0 Å². The number of hydrogen-bond acceptors (Lipinski definition) is 4. The average molecular weight is 247 g/mol. The third-order valence-corrected chi connectivity index (χ3v) is 3.36. The molecule has 0 fully saturated rings. The fraction of sp³-hybridized carbons (Fsp3) is 0.300. The van der Waals surface area contributed by atoms with E-state index < -0.39 is 0 Å². The molecule has 3 nitrogen and oxygen atoms in total. The number of halogens is 1. The third kappa shape index (κ3) is 3.41. The Morgan fingerprint density at radius 1 is 1.60 bits per heavy atom. The van der Waals surface area contributed by atoms with Gasteiger partial charge >= 0.3 is 5.97 Å². The molecule has 1 aromatic rings. The first kappa shape index (κ1) is 12.4. The lowest BCUT2D eigenvalue weighted by Crippen LogP contribution is -2.03. The van der Waals surface area contributed by atoms with Crippen LogP contribution in [0.15, 0.2) is 23.1 Å². The van der Waals surface area contributed by atoms with Gasteiger partial charge in [-0.05, 0) is 11.6 Å². The Hall–Kier alpha value is -0.710. The van der Waals surface area contributed by atoms with Gasteiger partial charge in [-0.15, -0.1) is 11.8 Å². The van der Waals surface area contributed by atoms with Crippen molar-refractivity contribution in [3.8, 4) is 0 Å². The quantitative estimate of drug-likeness (QED) is 0.653. The van der Waals surface area contributed by atoms with E-state index in [-0.39, 0.29) is 18.3 Å². The second kappa shape index (κ2) is 6.00. The molecule has 0 aliphatic heterocycles. The minimum atomic E-state index is -0.316. The fourth-order valence-electron chi connectivity index (χ4n) is 1.03. The van der Waals surface area contributed by atoms with Crippen molar-refractivity contribution < 1.29 is 14.6 Å². The Labute approximate surface area is 97.4 Å². The van der Waals surface area contributed by atoms with Crippen LogP contribution in [0.5, 0.6) is 0 Å². The van der Waals surface area contributed by atoms with Crippen molar-refractivity contribution in [2.45, 2.75) is 11.5 Å². The molecule has 0 aliphatic carbocycles. The summed E-state index contributed by atoms with van der Waals surface area (Å²) in [5.74, 6) is -0.128. The molecule has 0 heterocycles. The lowest BCUT2D eigenvalue weighted by Gasteiger charge is -2.07. The van der Waals surface area contributed by atoms with Gasteiger partial charge < -0.3 is 9.84 Å². The van der Waals surface area contributed by atoms with Gasteiger partial charge in [0.05, 0.1) is 24.5 Å².